The largest absolute Gasteiger partial charge is 0.371 e. The van der Waals surface area contributed by atoms with E-state index in [1.165, 1.54) is 17.7 Å². The van der Waals surface area contributed by atoms with Gasteiger partial charge in [-0.25, -0.2) is 0 Å². The summed E-state index contributed by atoms with van der Waals surface area (Å²) in [5, 5.41) is 0. The Morgan fingerprint density at radius 2 is 2.42 bits per heavy atom. The molecule has 0 atom stereocenters. The molecule has 0 radical (unpaired) electrons. The second kappa shape index (κ2) is 4.15. The third-order valence-corrected chi connectivity index (χ3v) is 2.14. The van der Waals surface area contributed by atoms with Crippen molar-refractivity contribution >= 4 is 0 Å². The van der Waals surface area contributed by atoms with Crippen LogP contribution in [0.25, 0.3) is 0 Å². The van der Waals surface area contributed by atoms with E-state index in [0.717, 1.165) is 19.5 Å². The first-order valence-electron chi connectivity index (χ1n) is 4.47. The Hall–Kier alpha value is -0.980. The lowest BCUT2D eigenvalue weighted by atomic mass is 10.2. The Morgan fingerprint density at radius 1 is 1.67 bits per heavy atom. The lowest BCUT2D eigenvalue weighted by Crippen LogP contribution is -2.19. The first-order chi connectivity index (χ1) is 5.74. The molecular formula is C11H17N. The predicted molar refractivity (Wildman–Crippen MR) is 53.9 cm³/mol. The lowest BCUT2D eigenvalue weighted by molar-refractivity contribution is 0.431. The van der Waals surface area contributed by atoms with Crippen molar-refractivity contribution in [2.45, 2.75) is 19.8 Å². The van der Waals surface area contributed by atoms with E-state index in [9.17, 15) is 0 Å². The van der Waals surface area contributed by atoms with Crippen LogP contribution >= 0.6 is 0 Å². The van der Waals surface area contributed by atoms with Gasteiger partial charge >= 0.3 is 0 Å². The van der Waals surface area contributed by atoms with Crippen molar-refractivity contribution < 1.29 is 0 Å². The summed E-state index contributed by atoms with van der Waals surface area (Å²) in [6.45, 7) is 12.1. The molecule has 0 aromatic heterocycles. The zero-order valence-electron chi connectivity index (χ0n) is 7.84. The fourth-order valence-electron chi connectivity index (χ4n) is 1.51. The van der Waals surface area contributed by atoms with E-state index in [0.29, 0.717) is 0 Å². The van der Waals surface area contributed by atoms with Gasteiger partial charge in [0.05, 0.1) is 0 Å². The Morgan fingerprint density at radius 3 is 2.92 bits per heavy atom. The molecule has 0 saturated carbocycles. The van der Waals surface area contributed by atoms with Crippen molar-refractivity contribution in [3.05, 3.63) is 36.6 Å². The van der Waals surface area contributed by atoms with Gasteiger partial charge in [-0.15, -0.1) is 0 Å². The van der Waals surface area contributed by atoms with Crippen LogP contribution in [0.1, 0.15) is 19.8 Å². The minimum absolute atomic E-state index is 0.948. The smallest absolute Gasteiger partial charge is 0.0420 e. The van der Waals surface area contributed by atoms with Crippen LogP contribution in [-0.4, -0.2) is 18.0 Å². The van der Waals surface area contributed by atoms with Crippen LogP contribution < -0.4 is 0 Å². The van der Waals surface area contributed by atoms with Crippen LogP contribution in [0.5, 0.6) is 0 Å². The van der Waals surface area contributed by atoms with Gasteiger partial charge in [0.2, 0.25) is 0 Å². The maximum Gasteiger partial charge on any atom is 0.0420 e. The van der Waals surface area contributed by atoms with Gasteiger partial charge in [-0.05, 0) is 25.3 Å². The Kier molecular flexibility index (Phi) is 3.15. The number of likely N-dealkylation sites (tertiary alicyclic amines) is 1. The van der Waals surface area contributed by atoms with E-state index in [4.69, 9.17) is 0 Å². The van der Waals surface area contributed by atoms with Crippen LogP contribution in [0, 0.1) is 0 Å². The summed E-state index contributed by atoms with van der Waals surface area (Å²) >= 11 is 0. The molecule has 0 unspecified atom stereocenters. The van der Waals surface area contributed by atoms with Crippen molar-refractivity contribution in [2.24, 2.45) is 0 Å². The van der Waals surface area contributed by atoms with Crippen LogP contribution in [0.2, 0.25) is 0 Å². The summed E-state index contributed by atoms with van der Waals surface area (Å²) in [6, 6.07) is 0. The third-order valence-electron chi connectivity index (χ3n) is 2.14. The molecule has 0 amide bonds. The maximum absolute atomic E-state index is 4.01. The van der Waals surface area contributed by atoms with Gasteiger partial charge in [-0.1, -0.05) is 25.3 Å². The second-order valence-corrected chi connectivity index (χ2v) is 3.25. The molecule has 1 heteroatoms. The maximum atomic E-state index is 4.01. The Bertz CT molecular complexity index is 213. The van der Waals surface area contributed by atoms with Gasteiger partial charge in [-0.2, -0.15) is 0 Å². The Labute approximate surface area is 75.1 Å². The van der Waals surface area contributed by atoms with E-state index in [-0.39, 0.29) is 0 Å². The second-order valence-electron chi connectivity index (χ2n) is 3.25. The van der Waals surface area contributed by atoms with Crippen LogP contribution in [0.4, 0.5) is 0 Å². The molecule has 66 valence electrons. The van der Waals surface area contributed by atoms with Crippen LogP contribution in [-0.2, 0) is 0 Å². The minimum Gasteiger partial charge on any atom is -0.371 e. The third kappa shape index (κ3) is 2.26. The zero-order chi connectivity index (χ0) is 8.97. The predicted octanol–water partition coefficient (Wildman–Crippen LogP) is 2.73. The molecule has 0 aromatic rings. The molecule has 0 bridgehead atoms. The first-order valence-corrected chi connectivity index (χ1v) is 4.47. The SMILES string of the molecule is C=C(/C=C/C)CN1CCCC1=C. The number of nitrogens with zero attached hydrogens (tertiary/aromatic N) is 1. The molecule has 1 heterocycles. The van der Waals surface area contributed by atoms with E-state index in [1.54, 1.807) is 0 Å². The fourth-order valence-corrected chi connectivity index (χ4v) is 1.51. The van der Waals surface area contributed by atoms with Crippen LogP contribution in [0.3, 0.4) is 0 Å². The highest BCUT2D eigenvalue weighted by Crippen LogP contribution is 2.19. The van der Waals surface area contributed by atoms with Gasteiger partial charge in [0.25, 0.3) is 0 Å². The molecule has 1 nitrogen and oxygen atoms in total. The van der Waals surface area contributed by atoms with Gasteiger partial charge in [-0.3, -0.25) is 0 Å². The van der Waals surface area contributed by atoms with E-state index >= 15 is 0 Å². The topological polar surface area (TPSA) is 3.24 Å². The van der Waals surface area contributed by atoms with Crippen molar-refractivity contribution in [1.29, 1.82) is 0 Å². The highest BCUT2D eigenvalue weighted by molar-refractivity contribution is 5.18. The van der Waals surface area contributed by atoms with E-state index in [1.807, 2.05) is 13.0 Å². The van der Waals surface area contributed by atoms with Gasteiger partial charge in [0, 0.05) is 18.8 Å². The molecule has 0 N–H and O–H groups in total. The summed E-state index contributed by atoms with van der Waals surface area (Å²) in [6.07, 6.45) is 6.50. The van der Waals surface area contributed by atoms with Gasteiger partial charge in [0.15, 0.2) is 0 Å². The summed E-state index contributed by atoms with van der Waals surface area (Å²) in [5.41, 5.74) is 2.43. The quantitative estimate of drug-likeness (QED) is 0.578. The van der Waals surface area contributed by atoms with Crippen molar-refractivity contribution in [3.63, 3.8) is 0 Å². The molecule has 1 rings (SSSR count). The average Bonchev–Trinajstić information content (AvgIpc) is 2.37. The molecule has 0 aliphatic carbocycles. The molecular weight excluding hydrogens is 146 g/mol. The Balaban J connectivity index is 2.40. The van der Waals surface area contributed by atoms with Crippen LogP contribution in [0.15, 0.2) is 36.6 Å². The van der Waals surface area contributed by atoms with E-state index < -0.39 is 0 Å². The average molecular weight is 163 g/mol. The minimum atomic E-state index is 0.948. The summed E-state index contributed by atoms with van der Waals surface area (Å²) in [7, 11) is 0. The number of allylic oxidation sites excluding steroid dienone is 2. The van der Waals surface area contributed by atoms with E-state index in [2.05, 4.69) is 24.1 Å². The molecule has 0 aromatic carbocycles. The molecule has 1 saturated heterocycles. The molecule has 12 heavy (non-hydrogen) atoms. The van der Waals surface area contributed by atoms with Crippen molar-refractivity contribution in [2.75, 3.05) is 13.1 Å². The summed E-state index contributed by atoms with van der Waals surface area (Å²) in [4.78, 5) is 2.31. The molecule has 0 spiro atoms. The highest BCUT2D eigenvalue weighted by atomic mass is 15.1. The normalized spacial score (nSPS) is 17.8. The fraction of sp³-hybridized carbons (Fsp3) is 0.455. The lowest BCUT2D eigenvalue weighted by Gasteiger charge is -2.18. The number of hydrogen-bond acceptors (Lipinski definition) is 1. The van der Waals surface area contributed by atoms with Crippen molar-refractivity contribution in [1.82, 2.24) is 4.90 Å². The van der Waals surface area contributed by atoms with Gasteiger partial charge in [0.1, 0.15) is 0 Å². The summed E-state index contributed by atoms with van der Waals surface area (Å²) < 4.78 is 0. The van der Waals surface area contributed by atoms with Crippen molar-refractivity contribution in [3.8, 4) is 0 Å². The zero-order valence-corrected chi connectivity index (χ0v) is 7.84. The number of hydrogen-bond donors (Lipinski definition) is 0. The van der Waals surface area contributed by atoms with Gasteiger partial charge < -0.3 is 4.90 Å². The highest BCUT2D eigenvalue weighted by Gasteiger charge is 2.13. The summed E-state index contributed by atoms with van der Waals surface area (Å²) in [5.74, 6) is 0. The monoisotopic (exact) mass is 163 g/mol. The standard InChI is InChI=1S/C11H17N/c1-4-6-10(2)9-12-8-5-7-11(12)3/h4,6H,2-3,5,7-9H2,1H3/b6-4+. The number of rotatable bonds is 3. The first kappa shape index (κ1) is 9.11. The molecule has 1 aliphatic heterocycles. The molecule has 1 aliphatic rings. The molecule has 1 fully saturated rings.